The van der Waals surface area contributed by atoms with Crippen molar-refractivity contribution in [1.29, 1.82) is 0 Å². The molecular weight excluding hydrogens is 506 g/mol. The fraction of sp³-hybridized carbons (Fsp3) is 0.333. The van der Waals surface area contributed by atoms with Gasteiger partial charge in [0.15, 0.2) is 0 Å². The van der Waals surface area contributed by atoms with Gasteiger partial charge in [-0.15, -0.1) is 6.42 Å². The number of rotatable bonds is 3. The lowest BCUT2D eigenvalue weighted by Gasteiger charge is -2.27. The molecule has 1 atom stereocenters. The number of aromatic amines is 1. The summed E-state index contributed by atoms with van der Waals surface area (Å²) in [6.45, 7) is 10.3. The maximum absolute atomic E-state index is 12.8. The van der Waals surface area contributed by atoms with Crippen molar-refractivity contribution in [2.45, 2.75) is 74.0 Å². The molecule has 1 amide bonds. The molecule has 1 fully saturated rings. The molecule has 214 valence electrons. The molecule has 4 aromatic rings. The summed E-state index contributed by atoms with van der Waals surface area (Å²) in [6, 6.07) is 20.7. The Morgan fingerprint density at radius 1 is 1.02 bits per heavy atom. The van der Waals surface area contributed by atoms with Crippen LogP contribution in [0.4, 0.5) is 4.79 Å². The highest BCUT2D eigenvalue weighted by Crippen LogP contribution is 2.34. The van der Waals surface area contributed by atoms with Crippen molar-refractivity contribution in [2.24, 2.45) is 0 Å². The van der Waals surface area contributed by atoms with Crippen LogP contribution in [0.2, 0.25) is 0 Å². The van der Waals surface area contributed by atoms with Gasteiger partial charge in [0, 0.05) is 17.7 Å². The molecule has 5 rings (SSSR count). The molecule has 0 aliphatic carbocycles. The second kappa shape index (κ2) is 14.2. The lowest BCUT2D eigenvalue weighted by atomic mass is 9.95. The van der Waals surface area contributed by atoms with Gasteiger partial charge in [-0.1, -0.05) is 77.1 Å². The molecule has 0 bridgehead atoms. The van der Waals surface area contributed by atoms with E-state index in [-0.39, 0.29) is 27.0 Å². The largest absolute Gasteiger partial charge is 0.444 e. The molecule has 0 saturated carbocycles. The number of carbonyl (C=O) groups excluding carboxylic acids is 1. The summed E-state index contributed by atoms with van der Waals surface area (Å²) in [5.41, 5.74) is 4.25. The average Bonchev–Trinajstić information content (AvgIpc) is 3.62. The average molecular weight is 550 g/mol. The molecule has 1 aliphatic heterocycles. The van der Waals surface area contributed by atoms with Gasteiger partial charge >= 0.3 is 6.09 Å². The van der Waals surface area contributed by atoms with E-state index in [0.29, 0.717) is 6.54 Å². The van der Waals surface area contributed by atoms with E-state index in [1.807, 2.05) is 65.1 Å². The molecule has 2 heterocycles. The van der Waals surface area contributed by atoms with Gasteiger partial charge in [0.05, 0.1) is 17.9 Å². The predicted octanol–water partition coefficient (Wildman–Crippen LogP) is 9.25. The molecule has 3 aromatic carbocycles. The number of nitrogens with zero attached hydrogens (tertiary/aromatic N) is 2. The van der Waals surface area contributed by atoms with Crippen LogP contribution in [0.25, 0.3) is 33.2 Å². The van der Waals surface area contributed by atoms with Crippen LogP contribution in [-0.2, 0) is 4.74 Å². The minimum atomic E-state index is -0.540. The number of terminal acetylenes is 1. The van der Waals surface area contributed by atoms with Gasteiger partial charge < -0.3 is 9.72 Å². The minimum absolute atomic E-state index is 0. The van der Waals surface area contributed by atoms with Gasteiger partial charge in [-0.05, 0) is 85.6 Å². The number of amides is 1. The Morgan fingerprint density at radius 2 is 1.73 bits per heavy atom. The predicted molar refractivity (Wildman–Crippen MR) is 172 cm³/mol. The Labute approximate surface area is 246 Å². The first-order valence-electron chi connectivity index (χ1n) is 13.5. The minimum Gasteiger partial charge on any atom is -0.444 e. The first kappa shape index (κ1) is 32.7. The van der Waals surface area contributed by atoms with Crippen molar-refractivity contribution in [2.75, 3.05) is 6.54 Å². The topological polar surface area (TPSA) is 58.2 Å². The Morgan fingerprint density at radius 3 is 2.44 bits per heavy atom. The van der Waals surface area contributed by atoms with E-state index in [1.165, 1.54) is 5.39 Å². The molecule has 0 spiro atoms. The third-order valence-corrected chi connectivity index (χ3v) is 6.45. The maximum Gasteiger partial charge on any atom is 0.410 e. The summed E-state index contributed by atoms with van der Waals surface area (Å²) in [6.07, 6.45) is 8.69. The van der Waals surface area contributed by atoms with E-state index in [1.54, 1.807) is 4.90 Å². The van der Waals surface area contributed by atoms with Crippen LogP contribution in [0.5, 0.6) is 0 Å². The smallest absolute Gasteiger partial charge is 0.410 e. The van der Waals surface area contributed by atoms with Crippen LogP contribution < -0.4 is 0 Å². The lowest BCUT2D eigenvalue weighted by molar-refractivity contribution is 0.0218. The highest BCUT2D eigenvalue weighted by molar-refractivity contribution is 5.89. The summed E-state index contributed by atoms with van der Waals surface area (Å²) in [5.74, 6) is 9.04. The number of H-pyrrole nitrogens is 1. The molecule has 1 saturated heterocycles. The number of benzene rings is 3. The van der Waals surface area contributed by atoms with Crippen molar-refractivity contribution >= 4 is 16.9 Å². The molecule has 5 nitrogen and oxygen atoms in total. The molecule has 5 heteroatoms. The molecule has 1 aliphatic rings. The number of imidazole rings is 1. The molecule has 0 unspecified atom stereocenters. The number of carbonyl (C=O) groups is 1. The Kier molecular flexibility index (Phi) is 11.4. The molecule has 1 N–H and O–H groups in total. The van der Waals surface area contributed by atoms with Crippen LogP contribution in [0.15, 0.2) is 66.9 Å². The number of hydrogen-bond donors (Lipinski definition) is 1. The van der Waals surface area contributed by atoms with E-state index in [0.717, 1.165) is 52.0 Å². The van der Waals surface area contributed by atoms with E-state index in [9.17, 15) is 4.79 Å². The Bertz CT molecular complexity index is 1570. The summed E-state index contributed by atoms with van der Waals surface area (Å²) in [4.78, 5) is 22.7. The maximum atomic E-state index is 12.8. The third kappa shape index (κ3) is 7.59. The first-order chi connectivity index (χ1) is 18.8. The van der Waals surface area contributed by atoms with E-state index in [4.69, 9.17) is 11.2 Å². The van der Waals surface area contributed by atoms with Crippen molar-refractivity contribution in [3.63, 3.8) is 0 Å². The van der Waals surface area contributed by atoms with E-state index >= 15 is 0 Å². The molecular formula is C36H43N3O2. The summed E-state index contributed by atoms with van der Waals surface area (Å²) >= 11 is 0. The van der Waals surface area contributed by atoms with E-state index in [2.05, 4.69) is 64.1 Å². The van der Waals surface area contributed by atoms with Crippen LogP contribution in [0.1, 0.15) is 79.7 Å². The summed E-state index contributed by atoms with van der Waals surface area (Å²) < 4.78 is 5.62. The zero-order valence-corrected chi connectivity index (χ0v) is 23.3. The van der Waals surface area contributed by atoms with Gasteiger partial charge in [0.2, 0.25) is 0 Å². The quantitative estimate of drug-likeness (QED) is 0.259. The Hall–Kier alpha value is -4.48. The number of fused-ring (bicyclic) bond motifs is 1. The summed E-state index contributed by atoms with van der Waals surface area (Å²) in [7, 11) is 0. The number of ether oxygens (including phenoxy) is 1. The number of likely N-dealkylation sites (tertiary alicyclic amines) is 1. The SMILES string of the molecule is C.C.C#CC#Cc1ccc(-c2cnc([C@@H]3CCCN3C(=O)OC(C)(C)C)[nH]2)cc1-c1ccc2ccccc2c1.CC. The van der Waals surface area contributed by atoms with Gasteiger partial charge in [0.1, 0.15) is 11.4 Å². The Balaban J connectivity index is 0.00000144. The van der Waals surface area contributed by atoms with Crippen LogP contribution in [0, 0.1) is 24.2 Å². The molecule has 0 radical (unpaired) electrons. The van der Waals surface area contributed by atoms with Crippen molar-refractivity contribution in [1.82, 2.24) is 14.9 Å². The zero-order chi connectivity index (χ0) is 28.0. The van der Waals surface area contributed by atoms with Crippen molar-refractivity contribution in [3.8, 4) is 46.6 Å². The van der Waals surface area contributed by atoms with Crippen molar-refractivity contribution < 1.29 is 9.53 Å². The first-order valence-corrected chi connectivity index (χ1v) is 13.5. The standard InChI is InChI=1S/C32H29N3O2.C2H6.2CH4/c1-5-6-10-23-15-17-26(20-27(23)25-16-14-22-11-7-8-12-24(22)19-25)28-21-33-30(34-28)29-13-9-18-35(29)31(36)37-32(2,3)4;1-2;;/h1,7-8,11-12,14-17,19-21,29H,9,13,18H2,2-4H3,(H,33,34);1-2H3;2*1H4/t29-;;;/m0.../s1. The molecule has 41 heavy (non-hydrogen) atoms. The van der Waals surface area contributed by atoms with Gasteiger partial charge in [-0.2, -0.15) is 0 Å². The second-order valence-corrected chi connectivity index (χ2v) is 10.2. The number of nitrogens with one attached hydrogen (secondary N) is 1. The fourth-order valence-electron chi connectivity index (χ4n) is 4.76. The molecule has 1 aromatic heterocycles. The van der Waals surface area contributed by atoms with Crippen LogP contribution in [0.3, 0.4) is 0 Å². The highest BCUT2D eigenvalue weighted by atomic mass is 16.6. The normalized spacial score (nSPS) is 13.9. The van der Waals surface area contributed by atoms with Crippen LogP contribution in [-0.4, -0.2) is 33.1 Å². The lowest BCUT2D eigenvalue weighted by Crippen LogP contribution is -2.36. The fourth-order valence-corrected chi connectivity index (χ4v) is 4.76. The zero-order valence-electron chi connectivity index (χ0n) is 23.3. The van der Waals surface area contributed by atoms with Gasteiger partial charge in [-0.3, -0.25) is 4.90 Å². The third-order valence-electron chi connectivity index (χ3n) is 6.45. The second-order valence-electron chi connectivity index (χ2n) is 10.2. The van der Waals surface area contributed by atoms with Crippen LogP contribution >= 0.6 is 0 Å². The van der Waals surface area contributed by atoms with Gasteiger partial charge in [-0.25, -0.2) is 9.78 Å². The van der Waals surface area contributed by atoms with Crippen molar-refractivity contribution in [3.05, 3.63) is 78.2 Å². The number of aromatic nitrogens is 2. The number of hydrogen-bond acceptors (Lipinski definition) is 3. The van der Waals surface area contributed by atoms with Gasteiger partial charge in [0.25, 0.3) is 0 Å². The van der Waals surface area contributed by atoms with E-state index < -0.39 is 5.60 Å². The summed E-state index contributed by atoms with van der Waals surface area (Å²) in [5, 5.41) is 2.34. The highest BCUT2D eigenvalue weighted by Gasteiger charge is 2.34. The monoisotopic (exact) mass is 549 g/mol.